The topological polar surface area (TPSA) is 67.4 Å². The summed E-state index contributed by atoms with van der Waals surface area (Å²) < 4.78 is 5.35. The Labute approximate surface area is 162 Å². The zero-order valence-electron chi connectivity index (χ0n) is 15.1. The molecule has 0 bridgehead atoms. The molecule has 3 aromatic rings. The molecule has 5 nitrogen and oxygen atoms in total. The smallest absolute Gasteiger partial charge is 0.265 e. The second-order valence-electron chi connectivity index (χ2n) is 5.95. The molecule has 2 N–H and O–H groups in total. The lowest BCUT2D eigenvalue weighted by Gasteiger charge is -2.17. The highest BCUT2D eigenvalue weighted by atomic mass is 32.1. The predicted molar refractivity (Wildman–Crippen MR) is 108 cm³/mol. The lowest BCUT2D eigenvalue weighted by Crippen LogP contribution is -2.27. The second-order valence-corrected chi connectivity index (χ2v) is 6.90. The van der Waals surface area contributed by atoms with Gasteiger partial charge in [0.15, 0.2) is 0 Å². The number of carbonyl (C=O) groups excluding carboxylic acids is 2. The Balaban J connectivity index is 1.71. The summed E-state index contributed by atoms with van der Waals surface area (Å²) in [5, 5.41) is 7.63. The van der Waals surface area contributed by atoms with Gasteiger partial charge in [-0.2, -0.15) is 0 Å². The van der Waals surface area contributed by atoms with Gasteiger partial charge in [-0.05, 0) is 42.6 Å². The number of anilines is 1. The van der Waals surface area contributed by atoms with Crippen molar-refractivity contribution in [3.8, 4) is 5.75 Å². The van der Waals surface area contributed by atoms with Gasteiger partial charge in [-0.15, -0.1) is 11.3 Å². The average Bonchev–Trinajstić information content (AvgIpc) is 3.23. The van der Waals surface area contributed by atoms with Crippen LogP contribution in [-0.4, -0.2) is 18.9 Å². The second kappa shape index (κ2) is 8.51. The third-order valence-corrected chi connectivity index (χ3v) is 4.95. The van der Waals surface area contributed by atoms with Gasteiger partial charge in [0, 0.05) is 16.8 Å². The van der Waals surface area contributed by atoms with Crippen LogP contribution in [0, 0.1) is 0 Å². The molecular weight excluding hydrogens is 360 g/mol. The summed E-state index contributed by atoms with van der Waals surface area (Å²) in [7, 11) is 1.60. The molecule has 27 heavy (non-hydrogen) atoms. The number of ether oxygens (including phenoxy) is 1. The normalized spacial score (nSPS) is 11.5. The number of thiophene rings is 1. The van der Waals surface area contributed by atoms with Crippen LogP contribution in [0.15, 0.2) is 66.0 Å². The summed E-state index contributed by atoms with van der Waals surface area (Å²) in [5.74, 6) is 0.313. The molecule has 1 heterocycles. The Bertz CT molecular complexity index is 938. The van der Waals surface area contributed by atoms with Crippen molar-refractivity contribution in [2.24, 2.45) is 0 Å². The molecule has 0 aliphatic heterocycles. The third kappa shape index (κ3) is 4.54. The number of para-hydroxylation sites is 1. The van der Waals surface area contributed by atoms with Crippen LogP contribution >= 0.6 is 11.3 Å². The van der Waals surface area contributed by atoms with Crippen molar-refractivity contribution >= 4 is 28.8 Å². The Morgan fingerprint density at radius 3 is 2.56 bits per heavy atom. The minimum absolute atomic E-state index is 0.190. The fourth-order valence-electron chi connectivity index (χ4n) is 2.72. The highest BCUT2D eigenvalue weighted by Gasteiger charge is 2.15. The van der Waals surface area contributed by atoms with Gasteiger partial charge < -0.3 is 15.4 Å². The van der Waals surface area contributed by atoms with Crippen LogP contribution in [0.5, 0.6) is 5.75 Å². The van der Waals surface area contributed by atoms with Crippen molar-refractivity contribution in [3.63, 3.8) is 0 Å². The molecule has 0 saturated carbocycles. The van der Waals surface area contributed by atoms with E-state index in [0.717, 1.165) is 11.3 Å². The Kier molecular flexibility index (Phi) is 5.88. The maximum Gasteiger partial charge on any atom is 0.265 e. The first-order valence-corrected chi connectivity index (χ1v) is 9.35. The number of benzene rings is 2. The molecule has 2 aromatic carbocycles. The van der Waals surface area contributed by atoms with Crippen molar-refractivity contribution in [1.82, 2.24) is 5.32 Å². The average molecular weight is 380 g/mol. The number of hydrogen-bond acceptors (Lipinski definition) is 4. The summed E-state index contributed by atoms with van der Waals surface area (Å²) in [6.07, 6.45) is 0. The fourth-order valence-corrected chi connectivity index (χ4v) is 3.34. The molecule has 6 heteroatoms. The fraction of sp³-hybridized carbons (Fsp3) is 0.143. The summed E-state index contributed by atoms with van der Waals surface area (Å²) in [4.78, 5) is 25.4. The minimum Gasteiger partial charge on any atom is -0.496 e. The van der Waals surface area contributed by atoms with Crippen LogP contribution in [0.25, 0.3) is 0 Å². The van der Waals surface area contributed by atoms with Gasteiger partial charge in [-0.3, -0.25) is 9.59 Å². The van der Waals surface area contributed by atoms with E-state index in [-0.39, 0.29) is 17.9 Å². The molecule has 0 fully saturated rings. The van der Waals surface area contributed by atoms with Crippen molar-refractivity contribution in [2.45, 2.75) is 13.0 Å². The Morgan fingerprint density at radius 2 is 1.81 bits per heavy atom. The number of carbonyl (C=O) groups is 2. The maximum atomic E-state index is 12.6. The monoisotopic (exact) mass is 380 g/mol. The van der Waals surface area contributed by atoms with Crippen LogP contribution in [0.1, 0.15) is 38.6 Å². The van der Waals surface area contributed by atoms with Crippen LogP contribution < -0.4 is 15.4 Å². The lowest BCUT2D eigenvalue weighted by atomic mass is 10.1. The maximum absolute atomic E-state index is 12.6. The summed E-state index contributed by atoms with van der Waals surface area (Å²) >= 11 is 1.37. The predicted octanol–water partition coefficient (Wildman–Crippen LogP) is 4.50. The first-order chi connectivity index (χ1) is 13.1. The van der Waals surface area contributed by atoms with Crippen molar-refractivity contribution in [3.05, 3.63) is 82.0 Å². The van der Waals surface area contributed by atoms with Gasteiger partial charge in [0.1, 0.15) is 5.75 Å². The molecule has 2 amide bonds. The van der Waals surface area contributed by atoms with Crippen LogP contribution in [0.4, 0.5) is 5.69 Å². The number of amides is 2. The molecule has 0 radical (unpaired) electrons. The van der Waals surface area contributed by atoms with Gasteiger partial charge in [0.25, 0.3) is 11.8 Å². The van der Waals surface area contributed by atoms with E-state index in [2.05, 4.69) is 10.6 Å². The highest BCUT2D eigenvalue weighted by molar-refractivity contribution is 7.12. The molecule has 0 spiro atoms. The number of methoxy groups -OCH3 is 1. The van der Waals surface area contributed by atoms with E-state index in [1.807, 2.05) is 42.6 Å². The van der Waals surface area contributed by atoms with Gasteiger partial charge in [-0.1, -0.05) is 30.3 Å². The van der Waals surface area contributed by atoms with E-state index in [1.165, 1.54) is 11.3 Å². The molecule has 3 rings (SSSR count). The Morgan fingerprint density at radius 1 is 1.00 bits per heavy atom. The van der Waals surface area contributed by atoms with E-state index < -0.39 is 0 Å². The zero-order valence-corrected chi connectivity index (χ0v) is 15.9. The highest BCUT2D eigenvalue weighted by Crippen LogP contribution is 2.24. The number of rotatable bonds is 6. The summed E-state index contributed by atoms with van der Waals surface area (Å²) in [5.41, 5.74) is 1.95. The molecule has 1 aromatic heterocycles. The van der Waals surface area contributed by atoms with Crippen molar-refractivity contribution in [2.75, 3.05) is 12.4 Å². The van der Waals surface area contributed by atoms with Gasteiger partial charge >= 0.3 is 0 Å². The molecule has 0 saturated heterocycles. The van der Waals surface area contributed by atoms with Crippen LogP contribution in [0.3, 0.4) is 0 Å². The summed E-state index contributed by atoms with van der Waals surface area (Å²) in [6, 6.07) is 17.8. The molecule has 0 unspecified atom stereocenters. The first-order valence-electron chi connectivity index (χ1n) is 8.47. The van der Waals surface area contributed by atoms with Gasteiger partial charge in [0.2, 0.25) is 0 Å². The van der Waals surface area contributed by atoms with E-state index in [1.54, 1.807) is 37.4 Å². The minimum atomic E-state index is -0.224. The van der Waals surface area contributed by atoms with Gasteiger partial charge in [-0.25, -0.2) is 0 Å². The van der Waals surface area contributed by atoms with E-state index in [4.69, 9.17) is 4.74 Å². The van der Waals surface area contributed by atoms with Crippen molar-refractivity contribution < 1.29 is 14.3 Å². The molecular formula is C21H20N2O3S. The molecule has 0 aliphatic carbocycles. The SMILES string of the molecule is COc1ccccc1[C@H](C)NC(=O)c1cccc(NC(=O)c2cccs2)c1. The van der Waals surface area contributed by atoms with Crippen molar-refractivity contribution in [1.29, 1.82) is 0 Å². The first kappa shape index (κ1) is 18.7. The molecule has 0 aliphatic rings. The Hall–Kier alpha value is -3.12. The standard InChI is InChI=1S/C21H20N2O3S/c1-14(17-9-3-4-10-18(17)26-2)22-20(24)15-7-5-8-16(13-15)23-21(25)19-11-6-12-27-19/h3-14H,1-2H3,(H,22,24)(H,23,25)/t14-/m0/s1. The zero-order chi connectivity index (χ0) is 19.2. The lowest BCUT2D eigenvalue weighted by molar-refractivity contribution is 0.0938. The number of hydrogen-bond donors (Lipinski definition) is 2. The quantitative estimate of drug-likeness (QED) is 0.662. The van der Waals surface area contributed by atoms with Crippen LogP contribution in [0.2, 0.25) is 0 Å². The van der Waals surface area contributed by atoms with Crippen LogP contribution in [-0.2, 0) is 0 Å². The largest absolute Gasteiger partial charge is 0.496 e. The number of nitrogens with one attached hydrogen (secondary N) is 2. The molecule has 1 atom stereocenters. The third-order valence-electron chi connectivity index (χ3n) is 4.08. The van der Waals surface area contributed by atoms with E-state index in [9.17, 15) is 9.59 Å². The van der Waals surface area contributed by atoms with Gasteiger partial charge in [0.05, 0.1) is 18.0 Å². The van der Waals surface area contributed by atoms with E-state index >= 15 is 0 Å². The molecule has 138 valence electrons. The van der Waals surface area contributed by atoms with E-state index in [0.29, 0.717) is 16.1 Å². The summed E-state index contributed by atoms with van der Waals surface area (Å²) in [6.45, 7) is 1.90.